The zero-order chi connectivity index (χ0) is 16.9. The Kier molecular flexibility index (Phi) is 5.65. The van der Waals surface area contributed by atoms with Crippen molar-refractivity contribution < 1.29 is 9.13 Å². The fourth-order valence-corrected chi connectivity index (χ4v) is 4.33. The van der Waals surface area contributed by atoms with Crippen LogP contribution in [0.4, 0.5) is 4.39 Å². The van der Waals surface area contributed by atoms with Crippen molar-refractivity contribution in [3.8, 4) is 11.4 Å². The van der Waals surface area contributed by atoms with E-state index >= 15 is 0 Å². The van der Waals surface area contributed by atoms with E-state index in [1.165, 1.54) is 23.5 Å². The smallest absolute Gasteiger partial charge is 0.184 e. The molecular formula is C17H15FN2OS3. The molecule has 0 aliphatic heterocycles. The Morgan fingerprint density at radius 2 is 1.96 bits per heavy atom. The average molecular weight is 379 g/mol. The van der Waals surface area contributed by atoms with E-state index in [4.69, 9.17) is 17.0 Å². The quantitative estimate of drug-likeness (QED) is 0.331. The van der Waals surface area contributed by atoms with Crippen molar-refractivity contribution in [3.63, 3.8) is 0 Å². The molecule has 3 rings (SSSR count). The van der Waals surface area contributed by atoms with Gasteiger partial charge in [0.25, 0.3) is 0 Å². The van der Waals surface area contributed by atoms with Gasteiger partial charge in [-0.25, -0.2) is 9.07 Å². The molecule has 0 amide bonds. The van der Waals surface area contributed by atoms with Gasteiger partial charge >= 0.3 is 0 Å². The number of nitrogens with zero attached hydrogens (tertiary/aromatic N) is 2. The number of hydrogen-bond acceptors (Lipinski definition) is 5. The molecule has 0 unspecified atom stereocenters. The predicted octanol–water partition coefficient (Wildman–Crippen LogP) is 5.28. The molecule has 1 heterocycles. The number of aryl methyl sites for hydroxylation is 1. The van der Waals surface area contributed by atoms with E-state index in [2.05, 4.69) is 5.10 Å². The van der Waals surface area contributed by atoms with Crippen LogP contribution in [0.5, 0.6) is 5.75 Å². The third kappa shape index (κ3) is 4.23. The van der Waals surface area contributed by atoms with Crippen LogP contribution >= 0.6 is 35.3 Å². The summed E-state index contributed by atoms with van der Waals surface area (Å²) in [6.07, 6.45) is 0. The summed E-state index contributed by atoms with van der Waals surface area (Å²) in [6, 6.07) is 14.0. The maximum atomic E-state index is 12.8. The van der Waals surface area contributed by atoms with Crippen LogP contribution in [0.1, 0.15) is 5.56 Å². The molecule has 0 saturated carbocycles. The number of benzene rings is 2. The summed E-state index contributed by atoms with van der Waals surface area (Å²) in [5.41, 5.74) is 2.14. The Bertz CT molecular complexity index is 874. The first-order valence-corrected chi connectivity index (χ1v) is 9.52. The predicted molar refractivity (Wildman–Crippen MR) is 99.6 cm³/mol. The van der Waals surface area contributed by atoms with Gasteiger partial charge in [-0.1, -0.05) is 41.3 Å². The first-order chi connectivity index (χ1) is 11.6. The molecule has 0 radical (unpaired) electrons. The van der Waals surface area contributed by atoms with Crippen molar-refractivity contribution in [1.29, 1.82) is 0 Å². The molecule has 0 bridgehead atoms. The summed E-state index contributed by atoms with van der Waals surface area (Å²) in [7, 11) is 0. The molecule has 124 valence electrons. The van der Waals surface area contributed by atoms with Crippen LogP contribution < -0.4 is 4.74 Å². The minimum absolute atomic E-state index is 0.266. The van der Waals surface area contributed by atoms with E-state index in [0.29, 0.717) is 12.4 Å². The Morgan fingerprint density at radius 1 is 1.21 bits per heavy atom. The third-order valence-electron chi connectivity index (χ3n) is 3.26. The summed E-state index contributed by atoms with van der Waals surface area (Å²) in [5.74, 6) is 1.14. The summed E-state index contributed by atoms with van der Waals surface area (Å²) in [5, 5.41) is 4.59. The molecule has 1 aromatic heterocycles. The first kappa shape index (κ1) is 17.1. The average Bonchev–Trinajstić information content (AvgIpc) is 2.94. The fourth-order valence-electron chi connectivity index (χ4n) is 2.09. The normalized spacial score (nSPS) is 10.8. The Balaban J connectivity index is 1.59. The lowest BCUT2D eigenvalue weighted by Gasteiger charge is -2.05. The minimum Gasteiger partial charge on any atom is -0.493 e. The van der Waals surface area contributed by atoms with Gasteiger partial charge in [0.05, 0.1) is 12.3 Å². The van der Waals surface area contributed by atoms with Crippen LogP contribution in [0.2, 0.25) is 0 Å². The van der Waals surface area contributed by atoms with Crippen molar-refractivity contribution in [1.82, 2.24) is 9.78 Å². The number of thioether (sulfide) groups is 1. The van der Waals surface area contributed by atoms with E-state index in [0.717, 1.165) is 25.3 Å². The molecule has 2 aromatic carbocycles. The number of halogens is 1. The molecule has 3 aromatic rings. The highest BCUT2D eigenvalue weighted by molar-refractivity contribution is 8.01. The lowest BCUT2D eigenvalue weighted by molar-refractivity contribution is 0.343. The van der Waals surface area contributed by atoms with Gasteiger partial charge < -0.3 is 4.74 Å². The molecule has 0 aliphatic rings. The number of rotatable bonds is 6. The molecule has 7 heteroatoms. The SMILES string of the molecule is Cc1ccccc1-n1nc(SCCOc2ccc(F)cc2)sc1=S. The van der Waals surface area contributed by atoms with Crippen molar-refractivity contribution in [2.24, 2.45) is 0 Å². The third-order valence-corrected chi connectivity index (χ3v) is 5.59. The van der Waals surface area contributed by atoms with Gasteiger partial charge in [0.15, 0.2) is 8.29 Å². The fraction of sp³-hybridized carbons (Fsp3) is 0.176. The summed E-state index contributed by atoms with van der Waals surface area (Å²) in [6.45, 7) is 2.56. The maximum absolute atomic E-state index is 12.8. The largest absolute Gasteiger partial charge is 0.493 e. The van der Waals surface area contributed by atoms with Crippen molar-refractivity contribution in [3.05, 3.63) is 63.9 Å². The summed E-state index contributed by atoms with van der Waals surface area (Å²) < 4.78 is 21.8. The van der Waals surface area contributed by atoms with Gasteiger partial charge in [-0.2, -0.15) is 0 Å². The Labute approximate surface area is 153 Å². The first-order valence-electron chi connectivity index (χ1n) is 7.31. The van der Waals surface area contributed by atoms with Gasteiger partial charge in [0.1, 0.15) is 11.6 Å². The number of aromatic nitrogens is 2. The second-order valence-electron chi connectivity index (χ2n) is 4.98. The minimum atomic E-state index is -0.266. The number of hydrogen-bond donors (Lipinski definition) is 0. The zero-order valence-corrected chi connectivity index (χ0v) is 15.4. The maximum Gasteiger partial charge on any atom is 0.184 e. The number of ether oxygens (including phenoxy) is 1. The standard InChI is InChI=1S/C17H15FN2OS3/c1-12-4-2-3-5-15(12)20-17(22)24-16(19-20)23-11-10-21-14-8-6-13(18)7-9-14/h2-9H,10-11H2,1H3. The topological polar surface area (TPSA) is 27.1 Å². The second-order valence-corrected chi connectivity index (χ2v) is 7.95. The Hall–Kier alpha value is -1.70. The van der Waals surface area contributed by atoms with Gasteiger partial charge in [-0.05, 0) is 55.0 Å². The van der Waals surface area contributed by atoms with Crippen LogP contribution in [0.15, 0.2) is 52.9 Å². The van der Waals surface area contributed by atoms with E-state index in [1.54, 1.807) is 28.6 Å². The second kappa shape index (κ2) is 7.92. The number of para-hydroxylation sites is 1. The highest BCUT2D eigenvalue weighted by atomic mass is 32.2. The van der Waals surface area contributed by atoms with E-state index < -0.39 is 0 Å². The zero-order valence-electron chi connectivity index (χ0n) is 12.9. The lowest BCUT2D eigenvalue weighted by Crippen LogP contribution is -2.01. The lowest BCUT2D eigenvalue weighted by atomic mass is 10.2. The van der Waals surface area contributed by atoms with Gasteiger partial charge in [0.2, 0.25) is 0 Å². The molecular weight excluding hydrogens is 363 g/mol. The highest BCUT2D eigenvalue weighted by Gasteiger charge is 2.08. The Morgan fingerprint density at radius 3 is 2.71 bits per heavy atom. The van der Waals surface area contributed by atoms with Crippen LogP contribution in [-0.4, -0.2) is 22.1 Å². The molecule has 0 saturated heterocycles. The van der Waals surface area contributed by atoms with E-state index in [1.807, 2.05) is 31.2 Å². The van der Waals surface area contributed by atoms with E-state index in [-0.39, 0.29) is 5.82 Å². The summed E-state index contributed by atoms with van der Waals surface area (Å²) in [4.78, 5) is 0. The van der Waals surface area contributed by atoms with Gasteiger partial charge in [-0.3, -0.25) is 0 Å². The van der Waals surface area contributed by atoms with Crippen molar-refractivity contribution in [2.75, 3.05) is 12.4 Å². The van der Waals surface area contributed by atoms with Crippen molar-refractivity contribution >= 4 is 35.3 Å². The highest BCUT2D eigenvalue weighted by Crippen LogP contribution is 2.25. The monoisotopic (exact) mass is 378 g/mol. The molecule has 24 heavy (non-hydrogen) atoms. The van der Waals surface area contributed by atoms with Crippen LogP contribution in [0, 0.1) is 16.7 Å². The van der Waals surface area contributed by atoms with Crippen LogP contribution in [0.3, 0.4) is 0 Å². The van der Waals surface area contributed by atoms with E-state index in [9.17, 15) is 4.39 Å². The van der Waals surface area contributed by atoms with Gasteiger partial charge in [0, 0.05) is 5.75 Å². The molecule has 0 spiro atoms. The van der Waals surface area contributed by atoms with Gasteiger partial charge in [-0.15, -0.1) is 5.10 Å². The van der Waals surface area contributed by atoms with Crippen molar-refractivity contribution in [2.45, 2.75) is 11.3 Å². The summed E-state index contributed by atoms with van der Waals surface area (Å²) >= 11 is 8.51. The molecule has 0 fully saturated rings. The molecule has 3 nitrogen and oxygen atoms in total. The molecule has 0 aliphatic carbocycles. The molecule has 0 atom stereocenters. The van der Waals surface area contributed by atoms with Crippen LogP contribution in [0.25, 0.3) is 5.69 Å². The van der Waals surface area contributed by atoms with Crippen LogP contribution in [-0.2, 0) is 0 Å². The molecule has 0 N–H and O–H groups in total.